The third-order valence-corrected chi connectivity index (χ3v) is 3.23. The average molecular weight is 296 g/mol. The van der Waals surface area contributed by atoms with Crippen LogP contribution in [0.2, 0.25) is 0 Å². The van der Waals surface area contributed by atoms with Crippen molar-refractivity contribution in [2.24, 2.45) is 0 Å². The quantitative estimate of drug-likeness (QED) is 0.645. The Kier molecular flexibility index (Phi) is 5.29. The number of ether oxygens (including phenoxy) is 1. The normalized spacial score (nSPS) is 12.6. The van der Waals surface area contributed by atoms with Gasteiger partial charge in [-0.2, -0.15) is 0 Å². The predicted molar refractivity (Wildman–Crippen MR) is 78.2 cm³/mol. The Morgan fingerprint density at radius 2 is 2.05 bits per heavy atom. The predicted octanol–water partition coefficient (Wildman–Crippen LogP) is 2.26. The topological polar surface area (TPSA) is 81.4 Å². The molecule has 0 fully saturated rings. The Morgan fingerprint density at radius 3 is 2.57 bits per heavy atom. The molecule has 0 aliphatic carbocycles. The number of benzene rings is 1. The van der Waals surface area contributed by atoms with E-state index in [0.29, 0.717) is 0 Å². The summed E-state index contributed by atoms with van der Waals surface area (Å²) in [6.45, 7) is 7.17. The maximum atomic E-state index is 13.0. The molecule has 116 valence electrons. The molecule has 0 saturated heterocycles. The number of rotatable bonds is 5. The lowest BCUT2D eigenvalue weighted by Gasteiger charge is -2.26. The van der Waals surface area contributed by atoms with Crippen molar-refractivity contribution < 1.29 is 18.7 Å². The molecule has 5 nitrogen and oxygen atoms in total. The number of nitrogens with one attached hydrogen (secondary N) is 1. The fraction of sp³-hybridized carbons (Fsp3) is 0.467. The van der Waals surface area contributed by atoms with Gasteiger partial charge in [0, 0.05) is 5.54 Å². The van der Waals surface area contributed by atoms with Crippen molar-refractivity contribution in [2.75, 3.05) is 5.73 Å². The van der Waals surface area contributed by atoms with Gasteiger partial charge in [0.15, 0.2) is 6.10 Å². The van der Waals surface area contributed by atoms with Gasteiger partial charge >= 0.3 is 5.97 Å². The molecule has 0 aliphatic heterocycles. The molecular weight excluding hydrogens is 275 g/mol. The highest BCUT2D eigenvalue weighted by Gasteiger charge is 2.24. The molecule has 1 amide bonds. The van der Waals surface area contributed by atoms with E-state index in [0.717, 1.165) is 12.5 Å². The van der Waals surface area contributed by atoms with E-state index in [2.05, 4.69) is 5.32 Å². The highest BCUT2D eigenvalue weighted by molar-refractivity contribution is 5.93. The van der Waals surface area contributed by atoms with Crippen molar-refractivity contribution in [2.45, 2.75) is 45.8 Å². The van der Waals surface area contributed by atoms with Crippen LogP contribution in [0.15, 0.2) is 18.2 Å². The van der Waals surface area contributed by atoms with Crippen LogP contribution in [0.5, 0.6) is 0 Å². The minimum Gasteiger partial charge on any atom is -0.449 e. The van der Waals surface area contributed by atoms with E-state index >= 15 is 0 Å². The van der Waals surface area contributed by atoms with Crippen molar-refractivity contribution in [3.63, 3.8) is 0 Å². The van der Waals surface area contributed by atoms with Gasteiger partial charge in [-0.15, -0.1) is 0 Å². The third-order valence-electron chi connectivity index (χ3n) is 3.23. The van der Waals surface area contributed by atoms with Crippen LogP contribution in [0.25, 0.3) is 0 Å². The summed E-state index contributed by atoms with van der Waals surface area (Å²) in [6, 6.07) is 3.52. The molecular formula is C15H21FN2O3. The smallest absolute Gasteiger partial charge is 0.338 e. The number of nitrogens with two attached hydrogens (primary N) is 1. The fourth-order valence-electron chi connectivity index (χ4n) is 1.48. The molecule has 1 aromatic rings. The van der Waals surface area contributed by atoms with Crippen molar-refractivity contribution >= 4 is 17.6 Å². The van der Waals surface area contributed by atoms with Crippen LogP contribution in [0, 0.1) is 5.82 Å². The monoisotopic (exact) mass is 296 g/mol. The van der Waals surface area contributed by atoms with Crippen LogP contribution < -0.4 is 11.1 Å². The summed E-state index contributed by atoms with van der Waals surface area (Å²) in [4.78, 5) is 23.8. The molecule has 0 aromatic heterocycles. The van der Waals surface area contributed by atoms with E-state index in [4.69, 9.17) is 10.5 Å². The van der Waals surface area contributed by atoms with Gasteiger partial charge < -0.3 is 15.8 Å². The van der Waals surface area contributed by atoms with Crippen LogP contribution in [-0.2, 0) is 9.53 Å². The molecule has 3 N–H and O–H groups in total. The third kappa shape index (κ3) is 4.73. The van der Waals surface area contributed by atoms with E-state index in [-0.39, 0.29) is 22.7 Å². The van der Waals surface area contributed by atoms with Crippen LogP contribution in [-0.4, -0.2) is 23.5 Å². The standard InChI is InChI=1S/C15H21FN2O3/c1-5-15(3,4)18-13(19)9(2)21-14(20)10-6-7-11(16)12(17)8-10/h6-9H,5,17H2,1-4H3,(H,18,19). The SMILES string of the molecule is CCC(C)(C)NC(=O)C(C)OC(=O)c1ccc(F)c(N)c1. The lowest BCUT2D eigenvalue weighted by Crippen LogP contribution is -2.47. The molecule has 1 unspecified atom stereocenters. The average Bonchev–Trinajstić information content (AvgIpc) is 2.41. The Hall–Kier alpha value is -2.11. The first-order valence-electron chi connectivity index (χ1n) is 6.74. The van der Waals surface area contributed by atoms with Crippen molar-refractivity contribution in [3.05, 3.63) is 29.6 Å². The Balaban J connectivity index is 2.69. The molecule has 0 aliphatic rings. The molecule has 0 spiro atoms. The molecule has 6 heteroatoms. The lowest BCUT2D eigenvalue weighted by atomic mass is 10.0. The van der Waals surface area contributed by atoms with Gasteiger partial charge in [-0.1, -0.05) is 6.92 Å². The number of amides is 1. The number of carbonyl (C=O) groups is 2. The molecule has 1 aromatic carbocycles. The first-order valence-corrected chi connectivity index (χ1v) is 6.74. The number of nitrogen functional groups attached to an aromatic ring is 1. The maximum absolute atomic E-state index is 13.0. The zero-order valence-corrected chi connectivity index (χ0v) is 12.7. The van der Waals surface area contributed by atoms with Gasteiger partial charge in [-0.3, -0.25) is 4.79 Å². The highest BCUT2D eigenvalue weighted by atomic mass is 19.1. The Labute approximate surface area is 123 Å². The van der Waals surface area contributed by atoms with Gasteiger partial charge in [0.2, 0.25) is 0 Å². The summed E-state index contributed by atoms with van der Waals surface area (Å²) in [7, 11) is 0. The van der Waals surface area contributed by atoms with E-state index in [9.17, 15) is 14.0 Å². The van der Waals surface area contributed by atoms with Gasteiger partial charge in [0.05, 0.1) is 11.3 Å². The summed E-state index contributed by atoms with van der Waals surface area (Å²) in [5, 5.41) is 2.78. The minimum atomic E-state index is -0.949. The molecule has 21 heavy (non-hydrogen) atoms. The summed E-state index contributed by atoms with van der Waals surface area (Å²) < 4.78 is 18.1. The Bertz CT molecular complexity index is 544. The second-order valence-corrected chi connectivity index (χ2v) is 5.51. The second-order valence-electron chi connectivity index (χ2n) is 5.51. The number of hydrogen-bond donors (Lipinski definition) is 2. The van der Waals surface area contributed by atoms with Gasteiger partial charge in [0.25, 0.3) is 5.91 Å². The summed E-state index contributed by atoms with van der Waals surface area (Å²) in [5.41, 5.74) is 4.97. The number of hydrogen-bond acceptors (Lipinski definition) is 4. The molecule has 0 bridgehead atoms. The van der Waals surface area contributed by atoms with Crippen LogP contribution in [0.4, 0.5) is 10.1 Å². The molecule has 0 saturated carbocycles. The molecule has 1 atom stereocenters. The van der Waals surface area contributed by atoms with E-state index in [1.54, 1.807) is 0 Å². The first-order chi connectivity index (χ1) is 9.66. The van der Waals surface area contributed by atoms with Crippen LogP contribution >= 0.6 is 0 Å². The summed E-state index contributed by atoms with van der Waals surface area (Å²) >= 11 is 0. The van der Waals surface area contributed by atoms with Crippen molar-refractivity contribution in [1.29, 1.82) is 0 Å². The molecule has 1 rings (SSSR count). The van der Waals surface area contributed by atoms with Gasteiger partial charge in [-0.25, -0.2) is 9.18 Å². The minimum absolute atomic E-state index is 0.100. The lowest BCUT2D eigenvalue weighted by molar-refractivity contribution is -0.130. The largest absolute Gasteiger partial charge is 0.449 e. The van der Waals surface area contributed by atoms with Gasteiger partial charge in [-0.05, 0) is 45.4 Å². The maximum Gasteiger partial charge on any atom is 0.338 e. The van der Waals surface area contributed by atoms with Gasteiger partial charge in [0.1, 0.15) is 5.82 Å². The van der Waals surface area contributed by atoms with Crippen LogP contribution in [0.1, 0.15) is 44.5 Å². The van der Waals surface area contributed by atoms with Crippen LogP contribution in [0.3, 0.4) is 0 Å². The molecule has 0 radical (unpaired) electrons. The second kappa shape index (κ2) is 6.56. The molecule has 0 heterocycles. The first kappa shape index (κ1) is 16.9. The number of esters is 1. The zero-order valence-electron chi connectivity index (χ0n) is 12.7. The summed E-state index contributed by atoms with van der Waals surface area (Å²) in [6.07, 6.45) is -0.205. The van der Waals surface area contributed by atoms with E-state index in [1.807, 2.05) is 20.8 Å². The van der Waals surface area contributed by atoms with E-state index < -0.39 is 17.9 Å². The summed E-state index contributed by atoms with van der Waals surface area (Å²) in [5.74, 6) is -1.72. The van der Waals surface area contributed by atoms with Crippen molar-refractivity contribution in [3.8, 4) is 0 Å². The van der Waals surface area contributed by atoms with Crippen molar-refractivity contribution in [1.82, 2.24) is 5.32 Å². The highest BCUT2D eigenvalue weighted by Crippen LogP contribution is 2.14. The van der Waals surface area contributed by atoms with E-state index in [1.165, 1.54) is 19.1 Å². The number of halogens is 1. The number of anilines is 1. The number of carbonyl (C=O) groups excluding carboxylic acids is 2. The zero-order chi connectivity index (χ0) is 16.2. The Morgan fingerprint density at radius 1 is 1.43 bits per heavy atom. The fourth-order valence-corrected chi connectivity index (χ4v) is 1.48.